The normalized spacial score (nSPS) is 17.6. The molecule has 1 aliphatic rings. The predicted molar refractivity (Wildman–Crippen MR) is 73.9 cm³/mol. The molecule has 1 saturated carbocycles. The van der Waals surface area contributed by atoms with Gasteiger partial charge in [-0.15, -0.1) is 0 Å². The van der Waals surface area contributed by atoms with Crippen molar-refractivity contribution in [1.29, 1.82) is 0 Å². The Kier molecular flexibility index (Phi) is 4.58. The van der Waals surface area contributed by atoms with Crippen LogP contribution in [0, 0.1) is 0 Å². The number of rotatable bonds is 6. The lowest BCUT2D eigenvalue weighted by Crippen LogP contribution is -2.30. The molecular formula is C14H23N3O2. The number of aromatic amines is 1. The zero-order chi connectivity index (χ0) is 13.7. The zero-order valence-corrected chi connectivity index (χ0v) is 11.5. The summed E-state index contributed by atoms with van der Waals surface area (Å²) in [6.07, 6.45) is 6.82. The number of H-pyrrole nitrogens is 1. The Bertz CT molecular complexity index is 422. The number of carbonyl (C=O) groups excluding carboxylic acids is 1. The molecule has 1 fully saturated rings. The van der Waals surface area contributed by atoms with Crippen molar-refractivity contribution in [1.82, 2.24) is 10.2 Å². The van der Waals surface area contributed by atoms with Gasteiger partial charge in [-0.1, -0.05) is 26.2 Å². The molecule has 5 nitrogen and oxygen atoms in total. The SMILES string of the molecule is CCCCc1cc(NC(=O)CC2(O)CCCC2)n[nH]1. The molecule has 0 radical (unpaired) electrons. The van der Waals surface area contributed by atoms with Crippen LogP contribution >= 0.6 is 0 Å². The number of aromatic nitrogens is 2. The maximum absolute atomic E-state index is 11.9. The highest BCUT2D eigenvalue weighted by atomic mass is 16.3. The third-order valence-corrected chi connectivity index (χ3v) is 3.72. The second-order valence-electron chi connectivity index (χ2n) is 5.54. The molecule has 0 aromatic carbocycles. The van der Waals surface area contributed by atoms with Crippen molar-refractivity contribution in [2.24, 2.45) is 0 Å². The predicted octanol–water partition coefficient (Wildman–Crippen LogP) is 2.39. The molecule has 0 saturated heterocycles. The summed E-state index contributed by atoms with van der Waals surface area (Å²) in [5.41, 5.74) is 0.238. The Balaban J connectivity index is 1.83. The average molecular weight is 265 g/mol. The molecule has 1 heterocycles. The number of carbonyl (C=O) groups is 1. The summed E-state index contributed by atoms with van der Waals surface area (Å²) < 4.78 is 0. The van der Waals surface area contributed by atoms with Gasteiger partial charge in [0, 0.05) is 11.8 Å². The van der Waals surface area contributed by atoms with E-state index in [1.807, 2.05) is 6.07 Å². The quantitative estimate of drug-likeness (QED) is 0.739. The minimum absolute atomic E-state index is 0.155. The van der Waals surface area contributed by atoms with Gasteiger partial charge in [0.25, 0.3) is 0 Å². The molecule has 0 aliphatic heterocycles. The summed E-state index contributed by atoms with van der Waals surface area (Å²) in [7, 11) is 0. The maximum Gasteiger partial charge on any atom is 0.228 e. The summed E-state index contributed by atoms with van der Waals surface area (Å²) in [5, 5.41) is 19.9. The van der Waals surface area contributed by atoms with Crippen molar-refractivity contribution in [2.75, 3.05) is 5.32 Å². The van der Waals surface area contributed by atoms with Crippen LogP contribution in [0.2, 0.25) is 0 Å². The first kappa shape index (κ1) is 14.1. The first-order valence-corrected chi connectivity index (χ1v) is 7.18. The molecule has 1 aromatic heterocycles. The van der Waals surface area contributed by atoms with Gasteiger partial charge < -0.3 is 10.4 Å². The van der Waals surface area contributed by atoms with E-state index < -0.39 is 5.60 Å². The minimum Gasteiger partial charge on any atom is -0.389 e. The highest BCUT2D eigenvalue weighted by Gasteiger charge is 2.33. The van der Waals surface area contributed by atoms with Gasteiger partial charge in [0.1, 0.15) is 0 Å². The van der Waals surface area contributed by atoms with Crippen molar-refractivity contribution >= 4 is 11.7 Å². The van der Waals surface area contributed by atoms with Crippen LogP contribution in [0.4, 0.5) is 5.82 Å². The first-order valence-electron chi connectivity index (χ1n) is 7.18. The topological polar surface area (TPSA) is 78.0 Å². The van der Waals surface area contributed by atoms with E-state index in [1.165, 1.54) is 0 Å². The number of unbranched alkanes of at least 4 members (excludes halogenated alkanes) is 1. The lowest BCUT2D eigenvalue weighted by Gasteiger charge is -2.20. The van der Waals surface area contributed by atoms with Crippen LogP contribution in [0.15, 0.2) is 6.07 Å². The Labute approximate surface area is 113 Å². The molecular weight excluding hydrogens is 242 g/mol. The number of hydrogen-bond donors (Lipinski definition) is 3. The van der Waals surface area contributed by atoms with E-state index in [1.54, 1.807) is 0 Å². The van der Waals surface area contributed by atoms with Gasteiger partial charge in [0.2, 0.25) is 5.91 Å². The number of amides is 1. The number of nitrogens with one attached hydrogen (secondary N) is 2. The molecule has 1 amide bonds. The van der Waals surface area contributed by atoms with Gasteiger partial charge >= 0.3 is 0 Å². The van der Waals surface area contributed by atoms with Crippen molar-refractivity contribution in [3.8, 4) is 0 Å². The van der Waals surface area contributed by atoms with E-state index in [0.29, 0.717) is 5.82 Å². The fourth-order valence-corrected chi connectivity index (χ4v) is 2.62. The van der Waals surface area contributed by atoms with E-state index >= 15 is 0 Å². The van der Waals surface area contributed by atoms with Crippen LogP contribution in [0.1, 0.15) is 57.6 Å². The summed E-state index contributed by atoms with van der Waals surface area (Å²) in [4.78, 5) is 11.9. The van der Waals surface area contributed by atoms with Crippen LogP contribution in [-0.2, 0) is 11.2 Å². The third-order valence-electron chi connectivity index (χ3n) is 3.72. The first-order chi connectivity index (χ1) is 9.11. The van der Waals surface area contributed by atoms with Gasteiger partial charge in [-0.3, -0.25) is 9.89 Å². The number of nitrogens with zero attached hydrogens (tertiary/aromatic N) is 1. The third kappa shape index (κ3) is 4.06. The fourth-order valence-electron chi connectivity index (χ4n) is 2.62. The number of anilines is 1. The number of aryl methyl sites for hydroxylation is 1. The molecule has 0 atom stereocenters. The lowest BCUT2D eigenvalue weighted by molar-refractivity contribution is -0.120. The number of aliphatic hydroxyl groups is 1. The molecule has 0 bridgehead atoms. The maximum atomic E-state index is 11.9. The molecule has 0 unspecified atom stereocenters. The molecule has 1 aromatic rings. The van der Waals surface area contributed by atoms with Crippen molar-refractivity contribution in [3.05, 3.63) is 11.8 Å². The van der Waals surface area contributed by atoms with Crippen LogP contribution in [-0.4, -0.2) is 26.8 Å². The summed E-state index contributed by atoms with van der Waals surface area (Å²) in [6.45, 7) is 2.14. The molecule has 3 N–H and O–H groups in total. The largest absolute Gasteiger partial charge is 0.389 e. The van der Waals surface area contributed by atoms with E-state index in [2.05, 4.69) is 22.4 Å². The molecule has 19 heavy (non-hydrogen) atoms. The second-order valence-corrected chi connectivity index (χ2v) is 5.54. The number of hydrogen-bond acceptors (Lipinski definition) is 3. The van der Waals surface area contributed by atoms with Crippen LogP contribution < -0.4 is 5.32 Å². The van der Waals surface area contributed by atoms with Crippen molar-refractivity contribution < 1.29 is 9.90 Å². The minimum atomic E-state index is -0.800. The summed E-state index contributed by atoms with van der Waals surface area (Å²) in [6, 6.07) is 1.87. The molecule has 5 heteroatoms. The standard InChI is InChI=1S/C14H23N3O2/c1-2-3-6-11-9-12(17-16-11)15-13(18)10-14(19)7-4-5-8-14/h9,19H,2-8,10H2,1H3,(H2,15,16,17,18). The van der Waals surface area contributed by atoms with Crippen molar-refractivity contribution in [2.45, 2.75) is 63.9 Å². The summed E-state index contributed by atoms with van der Waals surface area (Å²) in [5.74, 6) is 0.399. The Morgan fingerprint density at radius 3 is 2.95 bits per heavy atom. The van der Waals surface area contributed by atoms with Gasteiger partial charge in [-0.2, -0.15) is 5.10 Å². The van der Waals surface area contributed by atoms with E-state index in [4.69, 9.17) is 0 Å². The fraction of sp³-hybridized carbons (Fsp3) is 0.714. The smallest absolute Gasteiger partial charge is 0.228 e. The summed E-state index contributed by atoms with van der Waals surface area (Å²) >= 11 is 0. The molecule has 106 valence electrons. The van der Waals surface area contributed by atoms with Gasteiger partial charge in [-0.25, -0.2) is 0 Å². The Morgan fingerprint density at radius 2 is 2.26 bits per heavy atom. The second kappa shape index (κ2) is 6.19. The monoisotopic (exact) mass is 265 g/mol. The Morgan fingerprint density at radius 1 is 1.53 bits per heavy atom. The zero-order valence-electron chi connectivity index (χ0n) is 11.5. The van der Waals surface area contributed by atoms with Crippen molar-refractivity contribution in [3.63, 3.8) is 0 Å². The lowest BCUT2D eigenvalue weighted by atomic mass is 9.98. The van der Waals surface area contributed by atoms with E-state index in [0.717, 1.165) is 50.6 Å². The molecule has 1 aliphatic carbocycles. The van der Waals surface area contributed by atoms with Crippen LogP contribution in [0.5, 0.6) is 0 Å². The van der Waals surface area contributed by atoms with Gasteiger partial charge in [0.15, 0.2) is 5.82 Å². The van der Waals surface area contributed by atoms with Crippen LogP contribution in [0.3, 0.4) is 0 Å². The molecule has 0 spiro atoms. The highest BCUT2D eigenvalue weighted by molar-refractivity contribution is 5.90. The highest BCUT2D eigenvalue weighted by Crippen LogP contribution is 2.32. The van der Waals surface area contributed by atoms with Gasteiger partial charge in [0.05, 0.1) is 12.0 Å². The van der Waals surface area contributed by atoms with Gasteiger partial charge in [-0.05, 0) is 25.7 Å². The van der Waals surface area contributed by atoms with Crippen LogP contribution in [0.25, 0.3) is 0 Å². The van der Waals surface area contributed by atoms with E-state index in [9.17, 15) is 9.90 Å². The Hall–Kier alpha value is -1.36. The molecule has 2 rings (SSSR count). The van der Waals surface area contributed by atoms with E-state index in [-0.39, 0.29) is 12.3 Å². The average Bonchev–Trinajstić information content (AvgIpc) is 2.96.